The van der Waals surface area contributed by atoms with Crippen LogP contribution in [0.3, 0.4) is 0 Å². The van der Waals surface area contributed by atoms with Crippen molar-refractivity contribution in [3.63, 3.8) is 0 Å². The van der Waals surface area contributed by atoms with Crippen molar-refractivity contribution in [2.75, 3.05) is 0 Å². The Morgan fingerprint density at radius 3 is 2.35 bits per heavy atom. The smallest absolute Gasteiger partial charge is 0.0438 e. The van der Waals surface area contributed by atoms with Crippen molar-refractivity contribution in [3.05, 3.63) is 34.3 Å². The Balaban J connectivity index is 2.33. The lowest BCUT2D eigenvalue weighted by molar-refractivity contribution is 0.183. The third kappa shape index (κ3) is 2.66. The summed E-state index contributed by atoms with van der Waals surface area (Å²) < 4.78 is 0. The molecule has 2 rings (SSSR count). The molecule has 1 saturated carbocycles. The molecule has 2 N–H and O–H groups in total. The van der Waals surface area contributed by atoms with Gasteiger partial charge in [-0.05, 0) is 55.2 Å². The Labute approximate surface area is 109 Å². The predicted molar refractivity (Wildman–Crippen MR) is 74.2 cm³/mol. The quantitative estimate of drug-likeness (QED) is 0.793. The molecule has 0 heterocycles. The van der Waals surface area contributed by atoms with Crippen molar-refractivity contribution in [3.8, 4) is 0 Å². The number of nitrogens with two attached hydrogens (primary N) is 1. The molecule has 1 aromatic carbocycles. The van der Waals surface area contributed by atoms with Gasteiger partial charge in [-0.15, -0.1) is 0 Å². The van der Waals surface area contributed by atoms with Gasteiger partial charge in [-0.1, -0.05) is 37.6 Å². The molecule has 2 heteroatoms. The summed E-state index contributed by atoms with van der Waals surface area (Å²) in [6.07, 6.45) is 3.42. The number of hydrogen-bond acceptors (Lipinski definition) is 1. The number of aryl methyl sites for hydroxylation is 1. The van der Waals surface area contributed by atoms with E-state index in [0.29, 0.717) is 11.8 Å². The lowest BCUT2D eigenvalue weighted by atomic mass is 9.69. The molecule has 1 aliphatic carbocycles. The average Bonchev–Trinajstić information content (AvgIpc) is 2.19. The molecular weight excluding hydrogens is 230 g/mol. The Bertz CT molecular complexity index is 403. The fraction of sp³-hybridized carbons (Fsp3) is 0.600. The van der Waals surface area contributed by atoms with Crippen LogP contribution in [0.25, 0.3) is 0 Å². The van der Waals surface area contributed by atoms with Crippen LogP contribution in [0, 0.1) is 18.8 Å². The number of hydrogen-bond donors (Lipinski definition) is 1. The normalized spacial score (nSPS) is 33.7. The van der Waals surface area contributed by atoms with Gasteiger partial charge < -0.3 is 5.73 Å². The highest BCUT2D eigenvalue weighted by Gasteiger charge is 2.36. The first-order valence-corrected chi connectivity index (χ1v) is 6.84. The molecule has 0 bridgehead atoms. The van der Waals surface area contributed by atoms with Crippen LogP contribution in [-0.4, -0.2) is 0 Å². The van der Waals surface area contributed by atoms with Crippen LogP contribution in [-0.2, 0) is 5.54 Å². The molecule has 94 valence electrons. The number of benzene rings is 1. The van der Waals surface area contributed by atoms with E-state index < -0.39 is 0 Å². The summed E-state index contributed by atoms with van der Waals surface area (Å²) >= 11 is 6.21. The van der Waals surface area contributed by atoms with Gasteiger partial charge in [-0.3, -0.25) is 0 Å². The minimum absolute atomic E-state index is 0.186. The van der Waals surface area contributed by atoms with Crippen LogP contribution in [0.1, 0.15) is 44.2 Å². The average molecular weight is 252 g/mol. The molecule has 0 aromatic heterocycles. The van der Waals surface area contributed by atoms with Gasteiger partial charge in [0.25, 0.3) is 0 Å². The monoisotopic (exact) mass is 251 g/mol. The standard InChI is InChI=1S/C15H22ClN/c1-10-6-11(2)9-15(17,8-10)13-5-4-12(3)14(16)7-13/h4-5,7,10-11H,6,8-9,17H2,1-3H3. The second-order valence-corrected chi connectivity index (χ2v) is 6.38. The molecule has 1 fully saturated rings. The van der Waals surface area contributed by atoms with Gasteiger partial charge in [0.15, 0.2) is 0 Å². The van der Waals surface area contributed by atoms with E-state index in [0.717, 1.165) is 23.4 Å². The molecule has 0 aliphatic heterocycles. The van der Waals surface area contributed by atoms with Gasteiger partial charge in [0, 0.05) is 10.6 Å². The second kappa shape index (κ2) is 4.62. The van der Waals surface area contributed by atoms with E-state index in [1.807, 2.05) is 6.92 Å². The van der Waals surface area contributed by atoms with E-state index in [2.05, 4.69) is 32.0 Å². The van der Waals surface area contributed by atoms with E-state index in [9.17, 15) is 0 Å². The van der Waals surface area contributed by atoms with Crippen molar-refractivity contribution < 1.29 is 0 Å². The minimum atomic E-state index is -0.186. The summed E-state index contributed by atoms with van der Waals surface area (Å²) in [4.78, 5) is 0. The van der Waals surface area contributed by atoms with Crippen molar-refractivity contribution in [2.24, 2.45) is 17.6 Å². The van der Waals surface area contributed by atoms with Crippen LogP contribution in [0.15, 0.2) is 18.2 Å². The third-order valence-corrected chi connectivity index (χ3v) is 4.38. The lowest BCUT2D eigenvalue weighted by Crippen LogP contribution is -2.43. The van der Waals surface area contributed by atoms with E-state index in [4.69, 9.17) is 17.3 Å². The highest BCUT2D eigenvalue weighted by Crippen LogP contribution is 2.41. The summed E-state index contributed by atoms with van der Waals surface area (Å²) in [5.74, 6) is 1.40. The van der Waals surface area contributed by atoms with Gasteiger partial charge >= 0.3 is 0 Å². The summed E-state index contributed by atoms with van der Waals surface area (Å²) in [5.41, 5.74) is 8.76. The van der Waals surface area contributed by atoms with Crippen LogP contribution < -0.4 is 5.73 Å². The van der Waals surface area contributed by atoms with Crippen LogP contribution >= 0.6 is 11.6 Å². The summed E-state index contributed by atoms with van der Waals surface area (Å²) in [6, 6.07) is 6.28. The first-order valence-electron chi connectivity index (χ1n) is 6.46. The van der Waals surface area contributed by atoms with E-state index >= 15 is 0 Å². The van der Waals surface area contributed by atoms with Gasteiger partial charge in [0.2, 0.25) is 0 Å². The Kier molecular flexibility index (Phi) is 3.51. The molecular formula is C15H22ClN. The fourth-order valence-electron chi connectivity index (χ4n) is 3.32. The maximum atomic E-state index is 6.62. The topological polar surface area (TPSA) is 26.0 Å². The predicted octanol–water partition coefficient (Wildman–Crippen LogP) is 4.26. The number of halogens is 1. The minimum Gasteiger partial charge on any atom is -0.321 e. The van der Waals surface area contributed by atoms with Gasteiger partial charge in [-0.2, -0.15) is 0 Å². The Morgan fingerprint density at radius 2 is 1.82 bits per heavy atom. The van der Waals surface area contributed by atoms with Crippen molar-refractivity contribution in [2.45, 2.75) is 45.6 Å². The van der Waals surface area contributed by atoms with Crippen molar-refractivity contribution in [1.82, 2.24) is 0 Å². The molecule has 2 atom stereocenters. The molecule has 1 aromatic rings. The zero-order valence-corrected chi connectivity index (χ0v) is 11.7. The molecule has 1 nitrogen and oxygen atoms in total. The van der Waals surface area contributed by atoms with Crippen LogP contribution in [0.2, 0.25) is 5.02 Å². The van der Waals surface area contributed by atoms with Gasteiger partial charge in [0.1, 0.15) is 0 Å². The van der Waals surface area contributed by atoms with E-state index in [1.54, 1.807) is 0 Å². The highest BCUT2D eigenvalue weighted by atomic mass is 35.5. The first kappa shape index (κ1) is 12.9. The van der Waals surface area contributed by atoms with Gasteiger partial charge in [-0.25, -0.2) is 0 Å². The zero-order valence-electron chi connectivity index (χ0n) is 11.0. The largest absolute Gasteiger partial charge is 0.321 e. The molecule has 0 amide bonds. The molecule has 2 unspecified atom stereocenters. The third-order valence-electron chi connectivity index (χ3n) is 3.98. The number of rotatable bonds is 1. The summed E-state index contributed by atoms with van der Waals surface area (Å²) in [5, 5.41) is 0.832. The molecule has 1 aliphatic rings. The van der Waals surface area contributed by atoms with Crippen LogP contribution in [0.4, 0.5) is 0 Å². The zero-order chi connectivity index (χ0) is 12.6. The van der Waals surface area contributed by atoms with Gasteiger partial charge in [0.05, 0.1) is 0 Å². The van der Waals surface area contributed by atoms with Crippen LogP contribution in [0.5, 0.6) is 0 Å². The molecule has 0 saturated heterocycles. The summed E-state index contributed by atoms with van der Waals surface area (Å²) in [6.45, 7) is 6.63. The molecule has 0 spiro atoms. The van der Waals surface area contributed by atoms with Crippen molar-refractivity contribution >= 4 is 11.6 Å². The SMILES string of the molecule is Cc1ccc(C2(N)CC(C)CC(C)C2)cc1Cl. The maximum Gasteiger partial charge on any atom is 0.0438 e. The van der Waals surface area contributed by atoms with Crippen molar-refractivity contribution in [1.29, 1.82) is 0 Å². The maximum absolute atomic E-state index is 6.62. The first-order chi connectivity index (χ1) is 7.90. The second-order valence-electron chi connectivity index (χ2n) is 5.97. The molecule has 0 radical (unpaired) electrons. The molecule has 17 heavy (non-hydrogen) atoms. The lowest BCUT2D eigenvalue weighted by Gasteiger charge is -2.40. The highest BCUT2D eigenvalue weighted by molar-refractivity contribution is 6.31. The Morgan fingerprint density at radius 1 is 1.24 bits per heavy atom. The van der Waals surface area contributed by atoms with E-state index in [-0.39, 0.29) is 5.54 Å². The fourth-order valence-corrected chi connectivity index (χ4v) is 3.50. The summed E-state index contributed by atoms with van der Waals surface area (Å²) in [7, 11) is 0. The van der Waals surface area contributed by atoms with E-state index in [1.165, 1.54) is 12.0 Å². The Hall–Kier alpha value is -0.530.